The van der Waals surface area contributed by atoms with Gasteiger partial charge in [-0.05, 0) is 24.6 Å². The molecule has 20 heavy (non-hydrogen) atoms. The first-order chi connectivity index (χ1) is 9.49. The van der Waals surface area contributed by atoms with Gasteiger partial charge < -0.3 is 5.32 Å². The van der Waals surface area contributed by atoms with Crippen LogP contribution in [0.1, 0.15) is 13.3 Å². The van der Waals surface area contributed by atoms with Crippen molar-refractivity contribution in [3.8, 4) is 0 Å². The van der Waals surface area contributed by atoms with Crippen molar-refractivity contribution in [1.82, 2.24) is 10.3 Å². The van der Waals surface area contributed by atoms with Crippen LogP contribution in [0.15, 0.2) is 41.4 Å². The second-order valence-corrected chi connectivity index (χ2v) is 6.55. The van der Waals surface area contributed by atoms with E-state index in [0.717, 1.165) is 5.39 Å². The zero-order valence-electron chi connectivity index (χ0n) is 11.2. The van der Waals surface area contributed by atoms with Crippen molar-refractivity contribution >= 4 is 26.6 Å². The minimum Gasteiger partial charge on any atom is -0.356 e. The van der Waals surface area contributed by atoms with Crippen molar-refractivity contribution in [2.24, 2.45) is 0 Å². The van der Waals surface area contributed by atoms with Gasteiger partial charge in [0.25, 0.3) is 0 Å². The molecule has 0 fully saturated rings. The molecule has 0 spiro atoms. The van der Waals surface area contributed by atoms with Gasteiger partial charge in [0.1, 0.15) is 0 Å². The molecule has 0 aliphatic heterocycles. The Morgan fingerprint density at radius 1 is 1.20 bits per heavy atom. The smallest absolute Gasteiger partial charge is 0.216 e. The number of hydrogen-bond acceptors (Lipinski definition) is 4. The summed E-state index contributed by atoms with van der Waals surface area (Å²) in [5.41, 5.74) is 0.662. The maximum atomic E-state index is 12.1. The first-order valence-electron chi connectivity index (χ1n) is 6.32. The molecule has 1 heterocycles. The zero-order valence-corrected chi connectivity index (χ0v) is 12.0. The highest BCUT2D eigenvalue weighted by molar-refractivity contribution is 7.91. The zero-order chi connectivity index (χ0) is 14.6. The van der Waals surface area contributed by atoms with E-state index in [4.69, 9.17) is 0 Å². The Labute approximate surface area is 117 Å². The molecule has 2 rings (SSSR count). The van der Waals surface area contributed by atoms with E-state index in [2.05, 4.69) is 10.3 Å². The van der Waals surface area contributed by atoms with E-state index < -0.39 is 9.84 Å². The van der Waals surface area contributed by atoms with Crippen molar-refractivity contribution in [1.29, 1.82) is 0 Å². The minimum atomic E-state index is -3.41. The average molecular weight is 292 g/mol. The van der Waals surface area contributed by atoms with Gasteiger partial charge in [-0.15, -0.1) is 0 Å². The number of pyridine rings is 1. The molecule has 5 nitrogen and oxygen atoms in total. The molecule has 0 saturated heterocycles. The fraction of sp³-hybridized carbons (Fsp3) is 0.286. The molecule has 1 aromatic heterocycles. The van der Waals surface area contributed by atoms with Gasteiger partial charge in [-0.2, -0.15) is 0 Å². The number of carbonyl (C=O) groups excluding carboxylic acids is 1. The van der Waals surface area contributed by atoms with Crippen LogP contribution in [-0.4, -0.2) is 31.6 Å². The third-order valence-electron chi connectivity index (χ3n) is 2.86. The minimum absolute atomic E-state index is 0.0291. The number of fused-ring (bicyclic) bond motifs is 1. The molecule has 1 aromatic carbocycles. The summed E-state index contributed by atoms with van der Waals surface area (Å²) in [5.74, 6) is -0.190. The predicted molar refractivity (Wildman–Crippen MR) is 77.1 cm³/mol. The third kappa shape index (κ3) is 3.54. The summed E-state index contributed by atoms with van der Waals surface area (Å²) in [5, 5.41) is 3.56. The van der Waals surface area contributed by atoms with Crippen LogP contribution in [0.25, 0.3) is 10.9 Å². The quantitative estimate of drug-likeness (QED) is 0.848. The fourth-order valence-corrected chi connectivity index (χ4v) is 3.10. The topological polar surface area (TPSA) is 76.1 Å². The maximum absolute atomic E-state index is 12.1. The van der Waals surface area contributed by atoms with Gasteiger partial charge in [0.2, 0.25) is 5.91 Å². The van der Waals surface area contributed by atoms with Gasteiger partial charge in [-0.25, -0.2) is 13.4 Å². The normalized spacial score (nSPS) is 11.4. The number of aromatic nitrogens is 1. The molecule has 0 aliphatic rings. The van der Waals surface area contributed by atoms with Crippen LogP contribution in [0.3, 0.4) is 0 Å². The summed E-state index contributed by atoms with van der Waals surface area (Å²) in [6.07, 6.45) is 0.371. The van der Waals surface area contributed by atoms with Crippen LogP contribution in [-0.2, 0) is 14.6 Å². The molecule has 0 radical (unpaired) electrons. The van der Waals surface area contributed by atoms with Crippen LogP contribution in [0.4, 0.5) is 0 Å². The molecule has 2 aromatic rings. The molecule has 0 saturated carbocycles. The first kappa shape index (κ1) is 14.5. The number of amides is 1. The lowest BCUT2D eigenvalue weighted by atomic mass is 10.2. The second-order valence-electron chi connectivity index (χ2n) is 4.50. The van der Waals surface area contributed by atoms with E-state index in [1.165, 1.54) is 13.0 Å². The largest absolute Gasteiger partial charge is 0.356 e. The molecule has 0 bridgehead atoms. The maximum Gasteiger partial charge on any atom is 0.216 e. The summed E-state index contributed by atoms with van der Waals surface area (Å²) < 4.78 is 24.3. The van der Waals surface area contributed by atoms with Gasteiger partial charge in [0, 0.05) is 18.9 Å². The van der Waals surface area contributed by atoms with Crippen molar-refractivity contribution in [2.45, 2.75) is 18.4 Å². The Kier molecular flexibility index (Phi) is 4.34. The summed E-state index contributed by atoms with van der Waals surface area (Å²) >= 11 is 0. The van der Waals surface area contributed by atoms with Gasteiger partial charge in [-0.3, -0.25) is 4.79 Å². The summed E-state index contributed by atoms with van der Waals surface area (Å²) in [6.45, 7) is 1.75. The van der Waals surface area contributed by atoms with Crippen molar-refractivity contribution in [3.63, 3.8) is 0 Å². The fourth-order valence-electron chi connectivity index (χ4n) is 1.85. The third-order valence-corrected chi connectivity index (χ3v) is 4.55. The average Bonchev–Trinajstić information content (AvgIpc) is 2.43. The van der Waals surface area contributed by atoms with Crippen LogP contribution >= 0.6 is 0 Å². The molecule has 6 heteroatoms. The molecule has 106 valence electrons. The van der Waals surface area contributed by atoms with Gasteiger partial charge in [0.15, 0.2) is 14.9 Å². The number of sulfone groups is 1. The predicted octanol–water partition coefficient (Wildman–Crippen LogP) is 1.53. The standard InChI is InChI=1S/C14H16N2O3S/c1-11(17)15-9-4-10-20(18,19)14-8-7-12-5-2-3-6-13(12)16-14/h2-3,5-8H,4,9-10H2,1H3,(H,15,17). The molecule has 1 amide bonds. The number of nitrogens with zero attached hydrogens (tertiary/aromatic N) is 1. The van der Waals surface area contributed by atoms with Crippen LogP contribution in [0.2, 0.25) is 0 Å². The molecular formula is C14H16N2O3S. The Balaban J connectivity index is 2.13. The van der Waals surface area contributed by atoms with Crippen molar-refractivity contribution in [2.75, 3.05) is 12.3 Å². The summed E-state index contributed by atoms with van der Waals surface area (Å²) in [6, 6.07) is 10.6. The van der Waals surface area contributed by atoms with Crippen LogP contribution < -0.4 is 5.32 Å². The van der Waals surface area contributed by atoms with Gasteiger partial charge in [-0.1, -0.05) is 18.2 Å². The van der Waals surface area contributed by atoms with Crippen LogP contribution in [0.5, 0.6) is 0 Å². The van der Waals surface area contributed by atoms with E-state index in [1.54, 1.807) is 12.1 Å². The number of para-hydroxylation sites is 1. The number of benzene rings is 1. The van der Waals surface area contributed by atoms with Crippen molar-refractivity contribution < 1.29 is 13.2 Å². The number of rotatable bonds is 5. The number of nitrogens with one attached hydrogen (secondary N) is 1. The molecule has 0 unspecified atom stereocenters. The highest BCUT2D eigenvalue weighted by Gasteiger charge is 2.16. The number of hydrogen-bond donors (Lipinski definition) is 1. The van der Waals surface area contributed by atoms with Crippen molar-refractivity contribution in [3.05, 3.63) is 36.4 Å². The second kappa shape index (κ2) is 6.00. The Bertz CT molecular complexity index is 726. The van der Waals surface area contributed by atoms with Gasteiger partial charge in [0.05, 0.1) is 11.3 Å². The molecule has 0 aliphatic carbocycles. The van der Waals surface area contributed by atoms with E-state index in [1.807, 2.05) is 18.2 Å². The Hall–Kier alpha value is -1.95. The van der Waals surface area contributed by atoms with Crippen LogP contribution in [0, 0.1) is 0 Å². The van der Waals surface area contributed by atoms with E-state index in [-0.39, 0.29) is 16.7 Å². The molecule has 1 N–H and O–H groups in total. The lowest BCUT2D eigenvalue weighted by Crippen LogP contribution is -2.23. The van der Waals surface area contributed by atoms with Gasteiger partial charge >= 0.3 is 0 Å². The lowest BCUT2D eigenvalue weighted by Gasteiger charge is -2.05. The Morgan fingerprint density at radius 3 is 2.70 bits per heavy atom. The highest BCUT2D eigenvalue weighted by atomic mass is 32.2. The highest BCUT2D eigenvalue weighted by Crippen LogP contribution is 2.16. The first-order valence-corrected chi connectivity index (χ1v) is 7.97. The van der Waals surface area contributed by atoms with E-state index >= 15 is 0 Å². The summed E-state index contributed by atoms with van der Waals surface area (Å²) in [4.78, 5) is 14.9. The van der Waals surface area contributed by atoms with E-state index in [9.17, 15) is 13.2 Å². The molecule has 0 atom stereocenters. The van der Waals surface area contributed by atoms with E-state index in [0.29, 0.717) is 18.5 Å². The SMILES string of the molecule is CC(=O)NCCCS(=O)(=O)c1ccc2ccccc2n1. The lowest BCUT2D eigenvalue weighted by molar-refractivity contribution is -0.118. The number of carbonyl (C=O) groups is 1. The molecular weight excluding hydrogens is 276 g/mol. The summed E-state index contributed by atoms with van der Waals surface area (Å²) in [7, 11) is -3.41. The Morgan fingerprint density at radius 2 is 1.95 bits per heavy atom. The monoisotopic (exact) mass is 292 g/mol.